The van der Waals surface area contributed by atoms with Gasteiger partial charge in [-0.15, -0.1) is 22.7 Å². The zero-order valence-corrected chi connectivity index (χ0v) is 12.3. The first-order valence-electron chi connectivity index (χ1n) is 5.75. The van der Waals surface area contributed by atoms with Gasteiger partial charge in [0.05, 0.1) is 17.2 Å². The number of nitrogens with one attached hydrogen (secondary N) is 1. The summed E-state index contributed by atoms with van der Waals surface area (Å²) >= 11 is 2.52. The van der Waals surface area contributed by atoms with Crippen molar-refractivity contribution < 1.29 is 13.5 Å². The highest BCUT2D eigenvalue weighted by molar-refractivity contribution is 7.93. The summed E-state index contributed by atoms with van der Waals surface area (Å²) in [6.07, 6.45) is 2.27. The molecular weight excluding hydrogens is 304 g/mol. The molecule has 0 bridgehead atoms. The van der Waals surface area contributed by atoms with Crippen LogP contribution in [0.5, 0.6) is 0 Å². The molecule has 19 heavy (non-hydrogen) atoms. The van der Waals surface area contributed by atoms with Crippen molar-refractivity contribution in [3.8, 4) is 0 Å². The van der Waals surface area contributed by atoms with Gasteiger partial charge >= 0.3 is 0 Å². The molecule has 0 saturated heterocycles. The summed E-state index contributed by atoms with van der Waals surface area (Å²) in [5.41, 5.74) is 0.968. The normalized spacial score (nSPS) is 15.6. The number of rotatable bonds is 5. The first-order valence-corrected chi connectivity index (χ1v) is 9.00. The van der Waals surface area contributed by atoms with Crippen molar-refractivity contribution in [3.63, 3.8) is 0 Å². The van der Waals surface area contributed by atoms with Gasteiger partial charge in [-0.3, -0.25) is 4.72 Å². The van der Waals surface area contributed by atoms with E-state index in [4.69, 9.17) is 5.11 Å². The van der Waals surface area contributed by atoms with Crippen molar-refractivity contribution in [2.45, 2.75) is 30.3 Å². The topological polar surface area (TPSA) is 79.3 Å². The molecule has 0 radical (unpaired) electrons. The Morgan fingerprint density at radius 3 is 2.89 bits per heavy atom. The molecule has 3 rings (SSSR count). The Hall–Kier alpha value is -0.960. The quantitative estimate of drug-likeness (QED) is 0.887. The summed E-state index contributed by atoms with van der Waals surface area (Å²) < 4.78 is 26.9. The summed E-state index contributed by atoms with van der Waals surface area (Å²) in [6.45, 7) is -0.279. The molecule has 8 heteroatoms. The van der Waals surface area contributed by atoms with Crippen LogP contribution in [0.4, 0.5) is 5.13 Å². The molecule has 2 heterocycles. The average Bonchev–Trinajstić information content (AvgIpc) is 2.92. The van der Waals surface area contributed by atoms with Crippen LogP contribution in [0, 0.1) is 0 Å². The first-order chi connectivity index (χ1) is 9.10. The van der Waals surface area contributed by atoms with Crippen molar-refractivity contribution in [2.24, 2.45) is 0 Å². The Morgan fingerprint density at radius 1 is 1.42 bits per heavy atom. The van der Waals surface area contributed by atoms with E-state index in [1.807, 2.05) is 5.38 Å². The molecule has 0 atom stereocenters. The number of aromatic nitrogens is 1. The third kappa shape index (κ3) is 2.66. The van der Waals surface area contributed by atoms with Crippen molar-refractivity contribution in [3.05, 3.63) is 27.4 Å². The fourth-order valence-electron chi connectivity index (χ4n) is 1.75. The van der Waals surface area contributed by atoms with E-state index < -0.39 is 10.0 Å². The smallest absolute Gasteiger partial charge is 0.264 e. The van der Waals surface area contributed by atoms with Crippen molar-refractivity contribution in [1.82, 2.24) is 4.98 Å². The van der Waals surface area contributed by atoms with Gasteiger partial charge in [-0.25, -0.2) is 13.4 Å². The van der Waals surface area contributed by atoms with E-state index in [2.05, 4.69) is 9.71 Å². The average molecular weight is 316 g/mol. The highest BCUT2D eigenvalue weighted by atomic mass is 32.2. The van der Waals surface area contributed by atoms with Gasteiger partial charge in [0.25, 0.3) is 10.0 Å². The SMILES string of the molecule is O=S(=O)(Nc1nc(C2CC2)cs1)c1ccsc1CO. The third-order valence-electron chi connectivity index (χ3n) is 2.88. The van der Waals surface area contributed by atoms with Gasteiger partial charge in [-0.1, -0.05) is 0 Å². The summed E-state index contributed by atoms with van der Waals surface area (Å²) in [6, 6.07) is 1.49. The summed E-state index contributed by atoms with van der Waals surface area (Å²) in [7, 11) is -3.66. The fourth-order valence-corrected chi connectivity index (χ4v) is 5.09. The molecule has 2 aromatic rings. The number of nitrogens with zero attached hydrogens (tertiary/aromatic N) is 1. The highest BCUT2D eigenvalue weighted by Crippen LogP contribution is 2.41. The van der Waals surface area contributed by atoms with Gasteiger partial charge in [-0.05, 0) is 24.3 Å². The van der Waals surface area contributed by atoms with Gasteiger partial charge < -0.3 is 5.11 Å². The summed E-state index contributed by atoms with van der Waals surface area (Å²) in [5.74, 6) is 0.503. The Morgan fingerprint density at radius 2 is 2.21 bits per heavy atom. The standard InChI is InChI=1S/C11H12N2O3S3/c14-5-9-10(3-4-17-9)19(15,16)13-11-12-8(6-18-11)7-1-2-7/h3-4,6-7,14H,1-2,5H2,(H,12,13). The molecule has 0 aliphatic heterocycles. The molecule has 1 fully saturated rings. The van der Waals surface area contributed by atoms with Crippen molar-refractivity contribution in [1.29, 1.82) is 0 Å². The van der Waals surface area contributed by atoms with E-state index in [1.165, 1.54) is 28.7 Å². The number of thiophene rings is 1. The van der Waals surface area contributed by atoms with E-state index in [0.717, 1.165) is 18.5 Å². The molecule has 0 amide bonds. The lowest BCUT2D eigenvalue weighted by atomic mass is 10.3. The van der Waals surface area contributed by atoms with Crippen LogP contribution in [0.1, 0.15) is 29.3 Å². The van der Waals surface area contributed by atoms with Crippen molar-refractivity contribution in [2.75, 3.05) is 4.72 Å². The van der Waals surface area contributed by atoms with Crippen LogP contribution in [-0.2, 0) is 16.6 Å². The molecule has 0 unspecified atom stereocenters. The van der Waals surface area contributed by atoms with E-state index in [1.54, 1.807) is 5.38 Å². The lowest BCUT2D eigenvalue weighted by molar-refractivity contribution is 0.282. The monoisotopic (exact) mass is 316 g/mol. The number of sulfonamides is 1. The predicted molar refractivity (Wildman–Crippen MR) is 75.1 cm³/mol. The van der Waals surface area contributed by atoms with Crippen molar-refractivity contribution >= 4 is 37.8 Å². The van der Waals surface area contributed by atoms with Crippen LogP contribution in [0.3, 0.4) is 0 Å². The van der Waals surface area contributed by atoms with E-state index >= 15 is 0 Å². The Balaban J connectivity index is 1.84. The maximum atomic E-state index is 12.2. The van der Waals surface area contributed by atoms with Gasteiger partial charge in [0.1, 0.15) is 4.90 Å². The Labute approximate surface area is 119 Å². The van der Waals surface area contributed by atoms with Crippen LogP contribution in [0.15, 0.2) is 21.7 Å². The second-order valence-corrected chi connectivity index (χ2v) is 7.83. The minimum atomic E-state index is -3.66. The number of aliphatic hydroxyl groups is 1. The molecule has 0 aromatic carbocycles. The lowest BCUT2D eigenvalue weighted by Crippen LogP contribution is -2.13. The van der Waals surface area contributed by atoms with Gasteiger partial charge in [0.2, 0.25) is 0 Å². The minimum Gasteiger partial charge on any atom is -0.391 e. The van der Waals surface area contributed by atoms with Gasteiger partial charge in [0, 0.05) is 11.3 Å². The maximum absolute atomic E-state index is 12.2. The number of hydrogen-bond acceptors (Lipinski definition) is 6. The number of hydrogen-bond donors (Lipinski definition) is 2. The second-order valence-electron chi connectivity index (χ2n) is 4.32. The van der Waals surface area contributed by atoms with Crippen LogP contribution >= 0.6 is 22.7 Å². The molecule has 1 aliphatic carbocycles. The molecular formula is C11H12N2O3S3. The highest BCUT2D eigenvalue weighted by Gasteiger charge is 2.27. The minimum absolute atomic E-state index is 0.128. The molecule has 5 nitrogen and oxygen atoms in total. The summed E-state index contributed by atoms with van der Waals surface area (Å²) in [5, 5.41) is 13.1. The Bertz CT molecular complexity index is 686. The molecule has 0 spiro atoms. The zero-order valence-electron chi connectivity index (χ0n) is 9.87. The third-order valence-corrected chi connectivity index (χ3v) is 6.24. The molecule has 102 valence electrons. The van der Waals surface area contributed by atoms with E-state index in [-0.39, 0.29) is 11.5 Å². The van der Waals surface area contributed by atoms with Gasteiger partial charge in [0.15, 0.2) is 5.13 Å². The lowest BCUT2D eigenvalue weighted by Gasteiger charge is -2.04. The van der Waals surface area contributed by atoms with Gasteiger partial charge in [-0.2, -0.15) is 0 Å². The Kier molecular flexibility index (Phi) is 3.34. The predicted octanol–water partition coefficient (Wildman–Crippen LogP) is 2.38. The van der Waals surface area contributed by atoms with E-state index in [9.17, 15) is 8.42 Å². The zero-order chi connectivity index (χ0) is 13.5. The molecule has 2 aromatic heterocycles. The number of anilines is 1. The number of thiazole rings is 1. The van der Waals surface area contributed by atoms with Crippen LogP contribution in [0.2, 0.25) is 0 Å². The van der Waals surface area contributed by atoms with E-state index in [0.29, 0.717) is 15.9 Å². The largest absolute Gasteiger partial charge is 0.391 e. The molecule has 1 aliphatic rings. The first kappa shape index (κ1) is 13.0. The molecule has 1 saturated carbocycles. The second kappa shape index (κ2) is 4.86. The number of aliphatic hydroxyl groups excluding tert-OH is 1. The van der Waals surface area contributed by atoms with Crippen LogP contribution in [0.25, 0.3) is 0 Å². The van der Waals surface area contributed by atoms with Crippen LogP contribution < -0.4 is 4.72 Å². The molecule has 2 N–H and O–H groups in total. The maximum Gasteiger partial charge on any atom is 0.264 e. The fraction of sp³-hybridized carbons (Fsp3) is 0.364. The van der Waals surface area contributed by atoms with Crippen LogP contribution in [-0.4, -0.2) is 18.5 Å². The summed E-state index contributed by atoms with van der Waals surface area (Å²) in [4.78, 5) is 4.86.